The van der Waals surface area contributed by atoms with Crippen LogP contribution in [0.3, 0.4) is 0 Å². The maximum Gasteiger partial charge on any atom is 0.0587 e. The van der Waals surface area contributed by atoms with Crippen molar-refractivity contribution in [3.05, 3.63) is 28.2 Å². The molecular formula is C16H25BrN2OS. The van der Waals surface area contributed by atoms with Gasteiger partial charge in [-0.15, -0.1) is 0 Å². The molecular weight excluding hydrogens is 348 g/mol. The summed E-state index contributed by atoms with van der Waals surface area (Å²) in [6, 6.07) is 7.19. The lowest BCUT2D eigenvalue weighted by Crippen LogP contribution is -2.45. The molecule has 2 atom stereocenters. The number of hydrogen-bond acceptors (Lipinski definition) is 4. The van der Waals surface area contributed by atoms with Crippen LogP contribution in [0.4, 0.5) is 5.69 Å². The average molecular weight is 373 g/mol. The molecule has 1 aliphatic heterocycles. The first-order chi connectivity index (χ1) is 10.1. The van der Waals surface area contributed by atoms with Gasteiger partial charge in [-0.2, -0.15) is 11.8 Å². The van der Waals surface area contributed by atoms with Crippen LogP contribution in [0.1, 0.15) is 19.4 Å². The summed E-state index contributed by atoms with van der Waals surface area (Å²) in [6.45, 7) is 8.30. The summed E-state index contributed by atoms with van der Waals surface area (Å²) in [5.41, 5.74) is 2.72. The van der Waals surface area contributed by atoms with Gasteiger partial charge in [0.05, 0.1) is 6.61 Å². The van der Waals surface area contributed by atoms with E-state index in [0.29, 0.717) is 11.3 Å². The average Bonchev–Trinajstić information content (AvgIpc) is 2.47. The maximum absolute atomic E-state index is 5.10. The summed E-state index contributed by atoms with van der Waals surface area (Å²) in [4.78, 5) is 2.56. The molecule has 21 heavy (non-hydrogen) atoms. The SMILES string of the molecule is COCCNCc1cc(Br)ccc1N1CCSC(C)C1C. The van der Waals surface area contributed by atoms with Crippen LogP contribution >= 0.6 is 27.7 Å². The van der Waals surface area contributed by atoms with Gasteiger partial charge in [0.25, 0.3) is 0 Å². The van der Waals surface area contributed by atoms with Crippen LogP contribution < -0.4 is 10.2 Å². The Labute approximate surface area is 140 Å². The first-order valence-electron chi connectivity index (χ1n) is 7.50. The van der Waals surface area contributed by atoms with Crippen molar-refractivity contribution in [1.29, 1.82) is 0 Å². The summed E-state index contributed by atoms with van der Waals surface area (Å²) in [7, 11) is 1.74. The largest absolute Gasteiger partial charge is 0.383 e. The number of nitrogens with one attached hydrogen (secondary N) is 1. The fourth-order valence-corrected chi connectivity index (χ4v) is 4.15. The molecule has 0 amide bonds. The number of ether oxygens (including phenoxy) is 1. The number of anilines is 1. The molecule has 5 heteroatoms. The molecule has 1 N–H and O–H groups in total. The number of hydrogen-bond donors (Lipinski definition) is 1. The Morgan fingerprint density at radius 2 is 2.24 bits per heavy atom. The molecule has 1 fully saturated rings. The molecule has 1 heterocycles. The van der Waals surface area contributed by atoms with Crippen LogP contribution in [0.25, 0.3) is 0 Å². The third-order valence-corrected chi connectivity index (χ3v) is 5.86. The van der Waals surface area contributed by atoms with Crippen molar-refractivity contribution in [2.75, 3.05) is 37.5 Å². The van der Waals surface area contributed by atoms with E-state index < -0.39 is 0 Å². The molecule has 1 saturated heterocycles. The van der Waals surface area contributed by atoms with E-state index in [2.05, 4.69) is 70.0 Å². The standard InChI is InChI=1S/C16H25BrN2OS/c1-12-13(2)21-9-7-19(12)16-5-4-15(17)10-14(16)11-18-6-8-20-3/h4-5,10,12-13,18H,6-9,11H2,1-3H3. The van der Waals surface area contributed by atoms with E-state index in [1.54, 1.807) is 7.11 Å². The Kier molecular flexibility index (Phi) is 6.86. The van der Waals surface area contributed by atoms with Gasteiger partial charge in [-0.1, -0.05) is 22.9 Å². The third-order valence-electron chi connectivity index (χ3n) is 4.03. The molecule has 1 aliphatic rings. The minimum Gasteiger partial charge on any atom is -0.383 e. The van der Waals surface area contributed by atoms with Crippen molar-refractivity contribution in [3.63, 3.8) is 0 Å². The van der Waals surface area contributed by atoms with Gasteiger partial charge in [-0.25, -0.2) is 0 Å². The number of methoxy groups -OCH3 is 1. The summed E-state index contributed by atoms with van der Waals surface area (Å²) in [5.74, 6) is 1.21. The zero-order valence-corrected chi connectivity index (χ0v) is 15.5. The Morgan fingerprint density at radius 3 is 3.00 bits per heavy atom. The quantitative estimate of drug-likeness (QED) is 0.772. The maximum atomic E-state index is 5.10. The van der Waals surface area contributed by atoms with Crippen LogP contribution in [0, 0.1) is 0 Å². The lowest BCUT2D eigenvalue weighted by Gasteiger charge is -2.40. The van der Waals surface area contributed by atoms with Crippen molar-refractivity contribution >= 4 is 33.4 Å². The topological polar surface area (TPSA) is 24.5 Å². The second kappa shape index (κ2) is 8.42. The van der Waals surface area contributed by atoms with Crippen molar-refractivity contribution in [2.45, 2.75) is 31.7 Å². The van der Waals surface area contributed by atoms with Crippen LogP contribution in [0.15, 0.2) is 22.7 Å². The normalized spacial score (nSPS) is 22.6. The van der Waals surface area contributed by atoms with Crippen molar-refractivity contribution in [3.8, 4) is 0 Å². The van der Waals surface area contributed by atoms with Crippen LogP contribution in [-0.4, -0.2) is 43.9 Å². The van der Waals surface area contributed by atoms with E-state index in [4.69, 9.17) is 4.74 Å². The smallest absolute Gasteiger partial charge is 0.0587 e. The number of benzene rings is 1. The third kappa shape index (κ3) is 4.62. The Bertz CT molecular complexity index is 458. The predicted molar refractivity (Wildman–Crippen MR) is 96.5 cm³/mol. The Hall–Kier alpha value is -0.230. The highest BCUT2D eigenvalue weighted by Crippen LogP contribution is 2.32. The summed E-state index contributed by atoms with van der Waals surface area (Å²) in [5, 5.41) is 4.14. The predicted octanol–water partition coefficient (Wildman–Crippen LogP) is 3.52. The van der Waals surface area contributed by atoms with E-state index in [0.717, 1.165) is 30.7 Å². The minimum absolute atomic E-state index is 0.572. The van der Waals surface area contributed by atoms with Crippen LogP contribution in [-0.2, 0) is 11.3 Å². The summed E-state index contributed by atoms with van der Waals surface area (Å²) < 4.78 is 6.24. The minimum atomic E-state index is 0.572. The molecule has 2 unspecified atom stereocenters. The van der Waals surface area contributed by atoms with Crippen molar-refractivity contribution < 1.29 is 4.74 Å². The number of halogens is 1. The zero-order valence-electron chi connectivity index (χ0n) is 13.1. The van der Waals surface area contributed by atoms with E-state index in [1.165, 1.54) is 17.0 Å². The van der Waals surface area contributed by atoms with Gasteiger partial charge >= 0.3 is 0 Å². The summed E-state index contributed by atoms with van der Waals surface area (Å²) in [6.07, 6.45) is 0. The van der Waals surface area contributed by atoms with Crippen LogP contribution in [0.2, 0.25) is 0 Å². The summed E-state index contributed by atoms with van der Waals surface area (Å²) >= 11 is 5.67. The molecule has 0 spiro atoms. The van der Waals surface area contributed by atoms with Crippen molar-refractivity contribution in [2.24, 2.45) is 0 Å². The number of nitrogens with zero attached hydrogens (tertiary/aromatic N) is 1. The second-order valence-electron chi connectivity index (χ2n) is 5.45. The second-order valence-corrected chi connectivity index (χ2v) is 7.85. The Balaban J connectivity index is 2.13. The lowest BCUT2D eigenvalue weighted by atomic mass is 10.1. The Morgan fingerprint density at radius 1 is 1.43 bits per heavy atom. The van der Waals surface area contributed by atoms with Gasteiger partial charge in [0, 0.05) is 53.9 Å². The van der Waals surface area contributed by atoms with Gasteiger partial charge in [0.15, 0.2) is 0 Å². The number of thioether (sulfide) groups is 1. The molecule has 0 saturated carbocycles. The first kappa shape index (κ1) is 17.1. The van der Waals surface area contributed by atoms with E-state index >= 15 is 0 Å². The molecule has 2 rings (SSSR count). The lowest BCUT2D eigenvalue weighted by molar-refractivity contribution is 0.199. The molecule has 0 bridgehead atoms. The van der Waals surface area contributed by atoms with Gasteiger partial charge in [0.2, 0.25) is 0 Å². The molecule has 0 aromatic heterocycles. The van der Waals surface area contributed by atoms with Gasteiger partial charge in [-0.05, 0) is 30.7 Å². The van der Waals surface area contributed by atoms with E-state index in [1.807, 2.05) is 0 Å². The van der Waals surface area contributed by atoms with E-state index in [-0.39, 0.29) is 0 Å². The zero-order chi connectivity index (χ0) is 15.2. The fourth-order valence-electron chi connectivity index (χ4n) is 2.65. The highest BCUT2D eigenvalue weighted by Gasteiger charge is 2.26. The first-order valence-corrected chi connectivity index (χ1v) is 9.34. The number of rotatable bonds is 6. The molecule has 118 valence electrons. The fraction of sp³-hybridized carbons (Fsp3) is 0.625. The molecule has 0 aliphatic carbocycles. The highest BCUT2D eigenvalue weighted by atomic mass is 79.9. The molecule has 1 aromatic rings. The monoisotopic (exact) mass is 372 g/mol. The van der Waals surface area contributed by atoms with E-state index in [9.17, 15) is 0 Å². The van der Waals surface area contributed by atoms with Crippen molar-refractivity contribution in [1.82, 2.24) is 5.32 Å². The molecule has 3 nitrogen and oxygen atoms in total. The highest BCUT2D eigenvalue weighted by molar-refractivity contribution is 9.10. The molecule has 0 radical (unpaired) electrons. The van der Waals surface area contributed by atoms with Crippen LogP contribution in [0.5, 0.6) is 0 Å². The van der Waals surface area contributed by atoms with Gasteiger partial charge < -0.3 is 15.0 Å². The van der Waals surface area contributed by atoms with Gasteiger partial charge in [-0.3, -0.25) is 0 Å². The molecule has 1 aromatic carbocycles. The van der Waals surface area contributed by atoms with Gasteiger partial charge in [0.1, 0.15) is 0 Å².